The zero-order valence-electron chi connectivity index (χ0n) is 16.7. The van der Waals surface area contributed by atoms with Crippen LogP contribution < -0.4 is 15.4 Å². The fourth-order valence-electron chi connectivity index (χ4n) is 3.22. The van der Waals surface area contributed by atoms with Gasteiger partial charge in [-0.25, -0.2) is 15.0 Å². The maximum Gasteiger partial charge on any atom is 0.162 e. The second-order valence-corrected chi connectivity index (χ2v) is 6.95. The van der Waals surface area contributed by atoms with Crippen LogP contribution in [0.2, 0.25) is 0 Å². The number of aryl methyl sites for hydroxylation is 1. The summed E-state index contributed by atoms with van der Waals surface area (Å²) < 4.78 is 11.7. The number of nitrogens with two attached hydrogens (primary N) is 1. The quantitative estimate of drug-likeness (QED) is 0.694. The van der Waals surface area contributed by atoms with Gasteiger partial charge in [0, 0.05) is 55.4 Å². The molecule has 1 aliphatic rings. The number of morpholine rings is 1. The number of nitrogens with zero attached hydrogens (tertiary/aromatic N) is 5. The molecule has 4 rings (SSSR count). The number of aromatic nitrogens is 3. The third-order valence-electron chi connectivity index (χ3n) is 4.77. The summed E-state index contributed by atoms with van der Waals surface area (Å²) in [7, 11) is 0. The number of nitriles is 1. The fraction of sp³-hybridized carbons (Fsp3) is 0.273. The lowest BCUT2D eigenvalue weighted by molar-refractivity contribution is 0.122. The molecule has 2 N–H and O–H groups in total. The van der Waals surface area contributed by atoms with Gasteiger partial charge in [-0.15, -0.1) is 0 Å². The van der Waals surface area contributed by atoms with E-state index in [-0.39, 0.29) is 0 Å². The van der Waals surface area contributed by atoms with Crippen molar-refractivity contribution in [1.82, 2.24) is 15.0 Å². The first-order valence-electron chi connectivity index (χ1n) is 9.71. The zero-order valence-corrected chi connectivity index (χ0v) is 16.7. The molecule has 0 atom stereocenters. The van der Waals surface area contributed by atoms with Crippen LogP contribution in [-0.4, -0.2) is 41.3 Å². The topological polar surface area (TPSA) is 110 Å². The Morgan fingerprint density at radius 3 is 2.63 bits per heavy atom. The highest BCUT2D eigenvalue weighted by Gasteiger charge is 2.16. The van der Waals surface area contributed by atoms with Crippen LogP contribution in [0.1, 0.15) is 16.8 Å². The fourth-order valence-corrected chi connectivity index (χ4v) is 3.22. The van der Waals surface area contributed by atoms with E-state index in [1.807, 2.05) is 19.1 Å². The molecule has 0 bridgehead atoms. The molecule has 2 aromatic heterocycles. The van der Waals surface area contributed by atoms with Crippen molar-refractivity contribution < 1.29 is 9.47 Å². The number of pyridine rings is 1. The van der Waals surface area contributed by atoms with E-state index in [1.54, 1.807) is 30.6 Å². The Morgan fingerprint density at radius 2 is 1.93 bits per heavy atom. The van der Waals surface area contributed by atoms with E-state index in [0.29, 0.717) is 48.2 Å². The second kappa shape index (κ2) is 8.86. The van der Waals surface area contributed by atoms with E-state index in [0.717, 1.165) is 30.2 Å². The molecular weight excluding hydrogens is 380 g/mol. The van der Waals surface area contributed by atoms with E-state index in [9.17, 15) is 5.26 Å². The van der Waals surface area contributed by atoms with Crippen molar-refractivity contribution >= 4 is 5.82 Å². The first-order chi connectivity index (χ1) is 14.7. The lowest BCUT2D eigenvalue weighted by Crippen LogP contribution is -2.36. The highest BCUT2D eigenvalue weighted by atomic mass is 16.5. The smallest absolute Gasteiger partial charge is 0.162 e. The molecular formula is C22H22N6O2. The molecule has 0 spiro atoms. The summed E-state index contributed by atoms with van der Waals surface area (Å²) in [6.45, 7) is 5.22. The Labute approximate surface area is 174 Å². The summed E-state index contributed by atoms with van der Waals surface area (Å²) in [6.07, 6.45) is 3.38. The molecule has 1 saturated heterocycles. The summed E-state index contributed by atoms with van der Waals surface area (Å²) in [6, 6.07) is 11.1. The van der Waals surface area contributed by atoms with Crippen molar-refractivity contribution in [1.29, 1.82) is 5.26 Å². The first kappa shape index (κ1) is 19.8. The third kappa shape index (κ3) is 4.38. The molecule has 0 unspecified atom stereocenters. The van der Waals surface area contributed by atoms with E-state index in [2.05, 4.69) is 25.9 Å². The number of ether oxygens (including phenoxy) is 2. The standard InChI is InChI=1S/C22H22N6O2/c1-15-8-18(10-21(27-15)28-4-6-29-7-5-28)30-20-9-16(11-23)2-3-19(20)22-25-13-17(12-24)14-26-22/h2-3,8-10,13-14H,4-7,12,24H2,1H3. The van der Waals surface area contributed by atoms with Gasteiger partial charge in [0.25, 0.3) is 0 Å². The van der Waals surface area contributed by atoms with Crippen LogP contribution in [0.15, 0.2) is 42.7 Å². The third-order valence-corrected chi connectivity index (χ3v) is 4.77. The van der Waals surface area contributed by atoms with Gasteiger partial charge in [0.05, 0.1) is 30.4 Å². The molecule has 152 valence electrons. The van der Waals surface area contributed by atoms with Crippen LogP contribution in [0.3, 0.4) is 0 Å². The van der Waals surface area contributed by atoms with E-state index >= 15 is 0 Å². The molecule has 0 aliphatic carbocycles. The Morgan fingerprint density at radius 1 is 1.17 bits per heavy atom. The largest absolute Gasteiger partial charge is 0.456 e. The number of benzene rings is 1. The summed E-state index contributed by atoms with van der Waals surface area (Å²) in [4.78, 5) is 15.6. The Kier molecular flexibility index (Phi) is 5.84. The molecule has 30 heavy (non-hydrogen) atoms. The molecule has 1 aliphatic heterocycles. The highest BCUT2D eigenvalue weighted by molar-refractivity contribution is 5.66. The molecule has 1 aromatic carbocycles. The predicted octanol–water partition coefficient (Wildman–Crippen LogP) is 2.81. The summed E-state index contributed by atoms with van der Waals surface area (Å²) in [5.74, 6) is 2.49. The Balaban J connectivity index is 1.69. The van der Waals surface area contributed by atoms with Gasteiger partial charge >= 0.3 is 0 Å². The van der Waals surface area contributed by atoms with Crippen molar-refractivity contribution in [3.63, 3.8) is 0 Å². The average Bonchev–Trinajstić information content (AvgIpc) is 2.79. The molecule has 0 amide bonds. The molecule has 8 nitrogen and oxygen atoms in total. The molecule has 0 saturated carbocycles. The molecule has 0 radical (unpaired) electrons. The van der Waals surface area contributed by atoms with Crippen molar-refractivity contribution in [2.45, 2.75) is 13.5 Å². The predicted molar refractivity (Wildman–Crippen MR) is 112 cm³/mol. The number of anilines is 1. The van der Waals surface area contributed by atoms with Crippen LogP contribution in [0.5, 0.6) is 11.5 Å². The number of hydrogen-bond donors (Lipinski definition) is 1. The van der Waals surface area contributed by atoms with Gasteiger partial charge in [-0.05, 0) is 25.1 Å². The van der Waals surface area contributed by atoms with Crippen LogP contribution >= 0.6 is 0 Å². The van der Waals surface area contributed by atoms with Crippen LogP contribution in [0.4, 0.5) is 5.82 Å². The first-order valence-corrected chi connectivity index (χ1v) is 9.71. The van der Waals surface area contributed by atoms with Crippen molar-refractivity contribution in [3.8, 4) is 29.0 Å². The van der Waals surface area contributed by atoms with Gasteiger partial charge in [-0.3, -0.25) is 0 Å². The minimum Gasteiger partial charge on any atom is -0.456 e. The van der Waals surface area contributed by atoms with Gasteiger partial charge in [0.1, 0.15) is 17.3 Å². The van der Waals surface area contributed by atoms with E-state index in [4.69, 9.17) is 15.2 Å². The van der Waals surface area contributed by atoms with Crippen molar-refractivity contribution in [2.24, 2.45) is 5.73 Å². The molecule has 3 aromatic rings. The van der Waals surface area contributed by atoms with Gasteiger partial charge in [0.2, 0.25) is 0 Å². The lowest BCUT2D eigenvalue weighted by Gasteiger charge is -2.28. The van der Waals surface area contributed by atoms with Crippen LogP contribution in [0, 0.1) is 18.3 Å². The minimum absolute atomic E-state index is 0.373. The van der Waals surface area contributed by atoms with Crippen molar-refractivity contribution in [3.05, 3.63) is 59.5 Å². The van der Waals surface area contributed by atoms with E-state index < -0.39 is 0 Å². The maximum absolute atomic E-state index is 9.34. The molecule has 1 fully saturated rings. The second-order valence-electron chi connectivity index (χ2n) is 6.95. The zero-order chi connectivity index (χ0) is 20.9. The maximum atomic E-state index is 9.34. The Bertz CT molecular complexity index is 1070. The normalized spacial score (nSPS) is 13.7. The summed E-state index contributed by atoms with van der Waals surface area (Å²) in [5.41, 5.74) is 8.51. The lowest BCUT2D eigenvalue weighted by atomic mass is 10.1. The van der Waals surface area contributed by atoms with Crippen LogP contribution in [-0.2, 0) is 11.3 Å². The van der Waals surface area contributed by atoms with Gasteiger partial charge in [-0.1, -0.05) is 0 Å². The van der Waals surface area contributed by atoms with E-state index in [1.165, 1.54) is 0 Å². The monoisotopic (exact) mass is 402 g/mol. The number of hydrogen-bond acceptors (Lipinski definition) is 8. The van der Waals surface area contributed by atoms with Gasteiger partial charge in [0.15, 0.2) is 5.82 Å². The SMILES string of the molecule is Cc1cc(Oc2cc(C#N)ccc2-c2ncc(CN)cn2)cc(N2CCOCC2)n1. The molecule has 8 heteroatoms. The number of rotatable bonds is 5. The van der Waals surface area contributed by atoms with Gasteiger partial charge in [-0.2, -0.15) is 5.26 Å². The van der Waals surface area contributed by atoms with Crippen molar-refractivity contribution in [2.75, 3.05) is 31.2 Å². The summed E-state index contributed by atoms with van der Waals surface area (Å²) >= 11 is 0. The van der Waals surface area contributed by atoms with Crippen LogP contribution in [0.25, 0.3) is 11.4 Å². The molecule has 3 heterocycles. The van der Waals surface area contributed by atoms with Gasteiger partial charge < -0.3 is 20.1 Å². The summed E-state index contributed by atoms with van der Waals surface area (Å²) in [5, 5.41) is 9.34. The minimum atomic E-state index is 0.373. The Hall–Kier alpha value is -3.54. The average molecular weight is 402 g/mol. The highest BCUT2D eigenvalue weighted by Crippen LogP contribution is 2.34.